The van der Waals surface area contributed by atoms with Crippen molar-refractivity contribution in [3.63, 3.8) is 0 Å². The van der Waals surface area contributed by atoms with Crippen LogP contribution in [0.5, 0.6) is 0 Å². The Bertz CT molecular complexity index is 1220. The van der Waals surface area contributed by atoms with Crippen LogP contribution >= 0.6 is 0 Å². The van der Waals surface area contributed by atoms with Gasteiger partial charge in [0.05, 0.1) is 32.3 Å². The van der Waals surface area contributed by atoms with Crippen LogP contribution in [0.25, 0.3) is 0 Å². The molecule has 37 heavy (non-hydrogen) atoms. The molecule has 1 fully saturated rings. The van der Waals surface area contributed by atoms with Crippen LogP contribution in [0.1, 0.15) is 39.4 Å². The number of hydrogen-bond acceptors (Lipinski definition) is 10. The molecule has 1 saturated heterocycles. The third kappa shape index (κ3) is 4.36. The molecule has 194 valence electrons. The summed E-state index contributed by atoms with van der Waals surface area (Å²) in [5, 5.41) is 49.5. The molecule has 0 aliphatic carbocycles. The number of hydrazine groups is 1. The first-order valence-electron chi connectivity index (χ1n) is 11.5. The molecule has 0 amide bonds. The van der Waals surface area contributed by atoms with Gasteiger partial charge in [-0.05, 0) is 52.0 Å². The molecular weight excluding hydrogens is 480 g/mol. The zero-order valence-electron chi connectivity index (χ0n) is 20.8. The van der Waals surface area contributed by atoms with Gasteiger partial charge >= 0.3 is 11.4 Å². The van der Waals surface area contributed by atoms with Gasteiger partial charge in [-0.25, -0.2) is 0 Å². The normalized spacial score (nSPS) is 17.5. The van der Waals surface area contributed by atoms with Gasteiger partial charge in [0.1, 0.15) is 6.17 Å². The monoisotopic (exact) mass is 508 g/mol. The van der Waals surface area contributed by atoms with E-state index in [9.17, 15) is 30.6 Å². The van der Waals surface area contributed by atoms with Crippen LogP contribution in [-0.4, -0.2) is 41.5 Å². The van der Waals surface area contributed by atoms with E-state index in [0.29, 0.717) is 11.4 Å². The number of benzene rings is 3. The van der Waals surface area contributed by atoms with Crippen molar-refractivity contribution >= 4 is 28.4 Å². The zero-order valence-corrected chi connectivity index (χ0v) is 20.8. The van der Waals surface area contributed by atoms with Crippen LogP contribution in [0.15, 0.2) is 72.8 Å². The number of hydroxylamine groups is 4. The largest absolute Gasteiger partial charge is 0.311 e. The summed E-state index contributed by atoms with van der Waals surface area (Å²) in [5.41, 5.74) is 0.514. The van der Waals surface area contributed by atoms with Gasteiger partial charge < -0.3 is 10.4 Å². The van der Waals surface area contributed by atoms with Gasteiger partial charge in [-0.3, -0.25) is 30.7 Å². The third-order valence-electron chi connectivity index (χ3n) is 7.17. The average Bonchev–Trinajstić information content (AvgIpc) is 2.99. The Labute approximate surface area is 213 Å². The van der Waals surface area contributed by atoms with E-state index in [1.807, 2.05) is 0 Å². The van der Waals surface area contributed by atoms with Crippen molar-refractivity contribution in [3.8, 4) is 0 Å². The van der Waals surface area contributed by atoms with E-state index in [-0.39, 0.29) is 11.3 Å². The standard InChI is InChI=1S/C25H28N6O6/c1-24(2)25(3,4)29(33)23(28(24)32)17-15-20(30(34)35)22(21(16-17)31(36)37)26-27(18-11-7-5-8-12-18)19-13-9-6-10-14-19/h5-16,23,26,32-33H,1-4H3. The van der Waals surface area contributed by atoms with Crippen molar-refractivity contribution < 1.29 is 20.3 Å². The number of para-hydroxylation sites is 2. The zero-order chi connectivity index (χ0) is 27.1. The molecule has 1 heterocycles. The first-order valence-corrected chi connectivity index (χ1v) is 11.5. The number of nitro benzene ring substituents is 2. The lowest BCUT2D eigenvalue weighted by atomic mass is 9.84. The molecule has 0 saturated carbocycles. The van der Waals surface area contributed by atoms with Crippen molar-refractivity contribution in [2.75, 3.05) is 10.4 Å². The number of rotatable bonds is 7. The van der Waals surface area contributed by atoms with Crippen LogP contribution in [-0.2, 0) is 0 Å². The highest BCUT2D eigenvalue weighted by Gasteiger charge is 2.58. The number of nitrogens with one attached hydrogen (secondary N) is 1. The van der Waals surface area contributed by atoms with E-state index in [1.165, 1.54) is 5.01 Å². The number of hydrogen-bond donors (Lipinski definition) is 3. The van der Waals surface area contributed by atoms with Gasteiger partial charge in [0.25, 0.3) is 0 Å². The Morgan fingerprint density at radius 2 is 1.16 bits per heavy atom. The van der Waals surface area contributed by atoms with Crippen LogP contribution < -0.4 is 10.4 Å². The molecule has 3 aromatic carbocycles. The summed E-state index contributed by atoms with van der Waals surface area (Å²) in [6.45, 7) is 6.75. The molecule has 1 aliphatic heterocycles. The maximum Gasteiger partial charge on any atom is 0.301 e. The van der Waals surface area contributed by atoms with Crippen molar-refractivity contribution in [3.05, 3.63) is 98.6 Å². The van der Waals surface area contributed by atoms with Gasteiger partial charge in [0, 0.05) is 17.7 Å². The van der Waals surface area contributed by atoms with Crippen LogP contribution in [0.3, 0.4) is 0 Å². The first-order chi connectivity index (χ1) is 17.4. The van der Waals surface area contributed by atoms with Crippen LogP contribution in [0.2, 0.25) is 0 Å². The smallest absolute Gasteiger partial charge is 0.301 e. The molecule has 1 aliphatic rings. The van der Waals surface area contributed by atoms with Crippen molar-refractivity contribution in [2.24, 2.45) is 0 Å². The Morgan fingerprint density at radius 1 is 0.784 bits per heavy atom. The average molecular weight is 509 g/mol. The summed E-state index contributed by atoms with van der Waals surface area (Å²) in [7, 11) is 0. The molecule has 0 spiro atoms. The van der Waals surface area contributed by atoms with Gasteiger partial charge in [-0.2, -0.15) is 10.1 Å². The van der Waals surface area contributed by atoms with E-state index < -0.39 is 38.5 Å². The Hall–Kier alpha value is -4.10. The predicted octanol–water partition coefficient (Wildman–Crippen LogP) is 5.62. The molecule has 0 unspecified atom stereocenters. The molecule has 0 aromatic heterocycles. The lowest BCUT2D eigenvalue weighted by Gasteiger charge is -2.37. The lowest BCUT2D eigenvalue weighted by Crippen LogP contribution is -2.52. The minimum atomic E-state index is -1.28. The SMILES string of the molecule is CC1(C)N(O)C(c2cc([N+](=O)[O-])c(NN(c3ccccc3)c3ccccc3)c([N+](=O)[O-])c2)N(O)C1(C)C. The fourth-order valence-electron chi connectivity index (χ4n) is 4.29. The molecule has 3 N–H and O–H groups in total. The van der Waals surface area contributed by atoms with Gasteiger partial charge in [-0.1, -0.05) is 36.4 Å². The molecule has 0 atom stereocenters. The van der Waals surface area contributed by atoms with Crippen molar-refractivity contribution in [2.45, 2.75) is 44.9 Å². The summed E-state index contributed by atoms with van der Waals surface area (Å²) in [5.74, 6) is 0. The Kier molecular flexibility index (Phi) is 6.60. The second-order valence-electron chi connectivity index (χ2n) is 9.75. The molecule has 12 nitrogen and oxygen atoms in total. The van der Waals surface area contributed by atoms with E-state index in [2.05, 4.69) is 5.43 Å². The summed E-state index contributed by atoms with van der Waals surface area (Å²) < 4.78 is 0. The Morgan fingerprint density at radius 3 is 1.51 bits per heavy atom. The first kappa shape index (κ1) is 26.0. The summed E-state index contributed by atoms with van der Waals surface area (Å²) in [6, 6.07) is 19.9. The van der Waals surface area contributed by atoms with E-state index >= 15 is 0 Å². The van der Waals surface area contributed by atoms with E-state index in [4.69, 9.17) is 0 Å². The molecule has 0 radical (unpaired) electrons. The third-order valence-corrected chi connectivity index (χ3v) is 7.17. The summed E-state index contributed by atoms with van der Waals surface area (Å²) >= 11 is 0. The van der Waals surface area contributed by atoms with E-state index in [0.717, 1.165) is 22.3 Å². The fraction of sp³-hybridized carbons (Fsp3) is 0.280. The highest BCUT2D eigenvalue weighted by atomic mass is 16.6. The van der Waals surface area contributed by atoms with Crippen LogP contribution in [0, 0.1) is 20.2 Å². The van der Waals surface area contributed by atoms with Gasteiger partial charge in [0.15, 0.2) is 0 Å². The second-order valence-corrected chi connectivity index (χ2v) is 9.75. The quantitative estimate of drug-likeness (QED) is 0.271. The molecule has 4 rings (SSSR count). The minimum absolute atomic E-state index is 0.0152. The number of anilines is 3. The summed E-state index contributed by atoms with van der Waals surface area (Å²) in [6.07, 6.45) is -1.28. The Balaban J connectivity index is 1.89. The summed E-state index contributed by atoms with van der Waals surface area (Å²) in [4.78, 5) is 22.9. The number of nitrogens with zero attached hydrogens (tertiary/aromatic N) is 5. The number of nitro groups is 2. The van der Waals surface area contributed by atoms with Crippen molar-refractivity contribution in [1.29, 1.82) is 0 Å². The predicted molar refractivity (Wildman–Crippen MR) is 137 cm³/mol. The minimum Gasteiger partial charge on any atom is -0.311 e. The fourth-order valence-corrected chi connectivity index (χ4v) is 4.29. The second kappa shape index (κ2) is 9.41. The lowest BCUT2D eigenvalue weighted by molar-refractivity contribution is -0.392. The van der Waals surface area contributed by atoms with Crippen LogP contribution in [0.4, 0.5) is 28.4 Å². The molecular formula is C25H28N6O6. The maximum absolute atomic E-state index is 12.2. The molecule has 12 heteroatoms. The van der Waals surface area contributed by atoms with E-state index in [1.54, 1.807) is 88.4 Å². The highest BCUT2D eigenvalue weighted by molar-refractivity contribution is 5.80. The van der Waals surface area contributed by atoms with Gasteiger partial charge in [0.2, 0.25) is 5.69 Å². The molecule has 3 aromatic rings. The molecule has 0 bridgehead atoms. The van der Waals surface area contributed by atoms with Gasteiger partial charge in [-0.15, -0.1) is 0 Å². The maximum atomic E-state index is 12.2. The van der Waals surface area contributed by atoms with Crippen molar-refractivity contribution in [1.82, 2.24) is 10.1 Å². The highest BCUT2D eigenvalue weighted by Crippen LogP contribution is 2.49. The topological polar surface area (TPSA) is 148 Å².